The van der Waals surface area contributed by atoms with Gasteiger partial charge in [0.2, 0.25) is 5.91 Å². The first kappa shape index (κ1) is 18.7. The van der Waals surface area contributed by atoms with E-state index in [9.17, 15) is 22.8 Å². The number of hydrogen-bond donors (Lipinski definition) is 2. The van der Waals surface area contributed by atoms with Crippen LogP contribution in [0.15, 0.2) is 36.5 Å². The molecule has 126 valence electrons. The minimum Gasteiger partial charge on any atom is -0.379 e. The molecule has 1 rings (SSSR count). The summed E-state index contributed by atoms with van der Waals surface area (Å²) < 4.78 is 36.3. The first-order valence-corrected chi connectivity index (χ1v) is 7.02. The van der Waals surface area contributed by atoms with E-state index in [1.165, 1.54) is 0 Å². The standard InChI is InChI=1S/C16H19F3N2O2/c1-10(2)14(20-8-7-13(22)16(17,18)19)15(23)21-12-6-4-5-11(3)9-12/h4-10,14,20H,1-3H3,(H,21,23). The molecule has 1 amide bonds. The number of alkyl halides is 3. The zero-order valence-electron chi connectivity index (χ0n) is 13.1. The van der Waals surface area contributed by atoms with E-state index < -0.39 is 23.9 Å². The van der Waals surface area contributed by atoms with Crippen molar-refractivity contribution in [2.24, 2.45) is 5.92 Å². The van der Waals surface area contributed by atoms with Gasteiger partial charge in [-0.05, 0) is 30.5 Å². The number of halogens is 3. The Morgan fingerprint density at radius 1 is 1.22 bits per heavy atom. The van der Waals surface area contributed by atoms with Crippen LogP contribution in [0.2, 0.25) is 0 Å². The molecule has 0 aromatic heterocycles. The largest absolute Gasteiger partial charge is 0.454 e. The van der Waals surface area contributed by atoms with Gasteiger partial charge in [0, 0.05) is 18.0 Å². The first-order valence-electron chi connectivity index (χ1n) is 7.02. The van der Waals surface area contributed by atoms with E-state index in [1.54, 1.807) is 32.0 Å². The molecule has 0 saturated heterocycles. The lowest BCUT2D eigenvalue weighted by Gasteiger charge is -2.20. The summed E-state index contributed by atoms with van der Waals surface area (Å²) in [5, 5.41) is 5.23. The van der Waals surface area contributed by atoms with Gasteiger partial charge in [-0.3, -0.25) is 9.59 Å². The molecule has 1 atom stereocenters. The summed E-state index contributed by atoms with van der Waals surface area (Å²) in [5.74, 6) is -2.56. The van der Waals surface area contributed by atoms with Gasteiger partial charge in [0.15, 0.2) is 0 Å². The summed E-state index contributed by atoms with van der Waals surface area (Å²) in [7, 11) is 0. The van der Waals surface area contributed by atoms with Crippen molar-refractivity contribution in [2.75, 3.05) is 5.32 Å². The molecule has 1 aromatic carbocycles. The highest BCUT2D eigenvalue weighted by Gasteiger charge is 2.36. The second kappa shape index (κ2) is 7.80. The lowest BCUT2D eigenvalue weighted by atomic mass is 10.0. The van der Waals surface area contributed by atoms with Crippen molar-refractivity contribution in [1.82, 2.24) is 5.32 Å². The predicted octanol–water partition coefficient (Wildman–Crippen LogP) is 3.19. The lowest BCUT2D eigenvalue weighted by Crippen LogP contribution is -2.42. The van der Waals surface area contributed by atoms with Crippen LogP contribution in [-0.2, 0) is 9.59 Å². The Morgan fingerprint density at radius 3 is 2.39 bits per heavy atom. The fourth-order valence-corrected chi connectivity index (χ4v) is 1.84. The third kappa shape index (κ3) is 6.14. The van der Waals surface area contributed by atoms with Gasteiger partial charge >= 0.3 is 6.18 Å². The Hall–Kier alpha value is -2.31. The number of hydrogen-bond acceptors (Lipinski definition) is 3. The molecule has 23 heavy (non-hydrogen) atoms. The molecule has 1 aromatic rings. The molecule has 0 saturated carbocycles. The molecule has 0 radical (unpaired) electrons. The summed E-state index contributed by atoms with van der Waals surface area (Å²) in [6.45, 7) is 5.36. The highest BCUT2D eigenvalue weighted by atomic mass is 19.4. The topological polar surface area (TPSA) is 58.2 Å². The van der Waals surface area contributed by atoms with Gasteiger partial charge in [0.25, 0.3) is 5.78 Å². The minimum atomic E-state index is -4.92. The smallest absolute Gasteiger partial charge is 0.379 e. The summed E-state index contributed by atoms with van der Waals surface area (Å²) in [6.07, 6.45) is -3.69. The van der Waals surface area contributed by atoms with Crippen LogP contribution in [-0.4, -0.2) is 23.9 Å². The molecule has 0 fully saturated rings. The molecule has 0 aliphatic rings. The Balaban J connectivity index is 2.73. The highest BCUT2D eigenvalue weighted by molar-refractivity contribution is 5.96. The molecule has 7 heteroatoms. The molecule has 0 aliphatic heterocycles. The number of rotatable bonds is 6. The van der Waals surface area contributed by atoms with E-state index in [1.807, 2.05) is 13.0 Å². The average molecular weight is 328 g/mol. The number of benzene rings is 1. The molecule has 0 bridgehead atoms. The number of nitrogens with one attached hydrogen (secondary N) is 2. The molecule has 0 spiro atoms. The molecule has 0 aliphatic carbocycles. The molecule has 0 heterocycles. The van der Waals surface area contributed by atoms with Crippen LogP contribution in [0.25, 0.3) is 0 Å². The Bertz CT molecular complexity index is 595. The van der Waals surface area contributed by atoms with Crippen LogP contribution < -0.4 is 10.6 Å². The number of carbonyl (C=O) groups excluding carboxylic acids is 2. The van der Waals surface area contributed by atoms with E-state index >= 15 is 0 Å². The van der Waals surface area contributed by atoms with Crippen molar-refractivity contribution in [2.45, 2.75) is 33.0 Å². The van der Waals surface area contributed by atoms with Gasteiger partial charge in [0.1, 0.15) is 6.04 Å². The lowest BCUT2D eigenvalue weighted by molar-refractivity contribution is -0.165. The number of carbonyl (C=O) groups is 2. The van der Waals surface area contributed by atoms with Crippen molar-refractivity contribution >= 4 is 17.4 Å². The maximum absolute atomic E-state index is 12.2. The van der Waals surface area contributed by atoms with Crippen LogP contribution >= 0.6 is 0 Å². The summed E-state index contributed by atoms with van der Waals surface area (Å²) in [5.41, 5.74) is 1.56. The maximum Gasteiger partial charge on any atom is 0.454 e. The number of allylic oxidation sites excluding steroid dienone is 1. The zero-order valence-corrected chi connectivity index (χ0v) is 13.1. The average Bonchev–Trinajstić information content (AvgIpc) is 2.41. The summed E-state index contributed by atoms with van der Waals surface area (Å²) in [4.78, 5) is 23.0. The maximum atomic E-state index is 12.2. The fourth-order valence-electron chi connectivity index (χ4n) is 1.84. The van der Waals surface area contributed by atoms with Crippen LogP contribution in [0.3, 0.4) is 0 Å². The van der Waals surface area contributed by atoms with Crippen molar-refractivity contribution in [1.29, 1.82) is 0 Å². The van der Waals surface area contributed by atoms with E-state index in [2.05, 4.69) is 10.6 Å². The van der Waals surface area contributed by atoms with Crippen LogP contribution in [0, 0.1) is 12.8 Å². The van der Waals surface area contributed by atoms with E-state index in [4.69, 9.17) is 0 Å². The van der Waals surface area contributed by atoms with Crippen LogP contribution in [0.5, 0.6) is 0 Å². The number of ketones is 1. The summed E-state index contributed by atoms with van der Waals surface area (Å²) >= 11 is 0. The van der Waals surface area contributed by atoms with Gasteiger partial charge in [-0.1, -0.05) is 26.0 Å². The number of aryl methyl sites for hydroxylation is 1. The monoisotopic (exact) mass is 328 g/mol. The third-order valence-electron chi connectivity index (χ3n) is 3.02. The van der Waals surface area contributed by atoms with Crippen molar-refractivity contribution in [3.05, 3.63) is 42.1 Å². The number of anilines is 1. The molecule has 2 N–H and O–H groups in total. The highest BCUT2D eigenvalue weighted by Crippen LogP contribution is 2.16. The van der Waals surface area contributed by atoms with Gasteiger partial charge in [0.05, 0.1) is 0 Å². The zero-order chi connectivity index (χ0) is 17.6. The minimum absolute atomic E-state index is 0.189. The van der Waals surface area contributed by atoms with Crippen LogP contribution in [0.1, 0.15) is 19.4 Å². The number of amides is 1. The van der Waals surface area contributed by atoms with Crippen molar-refractivity contribution in [3.63, 3.8) is 0 Å². The molecule has 1 unspecified atom stereocenters. The van der Waals surface area contributed by atoms with Gasteiger partial charge in [-0.2, -0.15) is 13.2 Å². The molecule has 4 nitrogen and oxygen atoms in total. The van der Waals surface area contributed by atoms with Crippen molar-refractivity contribution in [3.8, 4) is 0 Å². The molecular formula is C16H19F3N2O2. The van der Waals surface area contributed by atoms with Crippen LogP contribution in [0.4, 0.5) is 18.9 Å². The Morgan fingerprint density at radius 2 is 1.87 bits per heavy atom. The Labute approximate surface area is 132 Å². The van der Waals surface area contributed by atoms with Crippen molar-refractivity contribution < 1.29 is 22.8 Å². The van der Waals surface area contributed by atoms with E-state index in [0.717, 1.165) is 11.8 Å². The second-order valence-electron chi connectivity index (χ2n) is 5.44. The first-order chi connectivity index (χ1) is 10.6. The van der Waals surface area contributed by atoms with Gasteiger partial charge in [-0.25, -0.2) is 0 Å². The normalized spacial score (nSPS) is 13.2. The molecular weight excluding hydrogens is 309 g/mol. The van der Waals surface area contributed by atoms with Gasteiger partial charge in [-0.15, -0.1) is 0 Å². The van der Waals surface area contributed by atoms with E-state index in [-0.39, 0.29) is 5.92 Å². The van der Waals surface area contributed by atoms with Gasteiger partial charge < -0.3 is 10.6 Å². The third-order valence-corrected chi connectivity index (χ3v) is 3.02. The van der Waals surface area contributed by atoms with E-state index in [0.29, 0.717) is 11.8 Å². The second-order valence-corrected chi connectivity index (χ2v) is 5.44. The summed E-state index contributed by atoms with van der Waals surface area (Å²) in [6, 6.07) is 6.38. The fraction of sp³-hybridized carbons (Fsp3) is 0.375. The quantitative estimate of drug-likeness (QED) is 0.789. The predicted molar refractivity (Wildman–Crippen MR) is 81.8 cm³/mol. The SMILES string of the molecule is Cc1cccc(NC(=O)C(NC=CC(=O)C(F)(F)F)C(C)C)c1. The Kier molecular flexibility index (Phi) is 6.36.